The highest BCUT2D eigenvalue weighted by atomic mass is 35.5. The van der Waals surface area contributed by atoms with E-state index in [0.29, 0.717) is 21.4 Å². The Bertz CT molecular complexity index is 1270. The normalized spacial score (nSPS) is 11.6. The molecule has 0 atom stereocenters. The zero-order valence-electron chi connectivity index (χ0n) is 15.9. The van der Waals surface area contributed by atoms with Gasteiger partial charge in [-0.2, -0.15) is 5.10 Å². The number of hydrogen-bond acceptors (Lipinski definition) is 4. The molecule has 0 fully saturated rings. The summed E-state index contributed by atoms with van der Waals surface area (Å²) in [7, 11) is 0. The van der Waals surface area contributed by atoms with E-state index < -0.39 is 0 Å². The number of halogens is 2. The predicted molar refractivity (Wildman–Crippen MR) is 118 cm³/mol. The Kier molecular flexibility index (Phi) is 5.21. The van der Waals surface area contributed by atoms with E-state index in [-0.39, 0.29) is 5.91 Å². The molecule has 0 spiro atoms. The van der Waals surface area contributed by atoms with Crippen molar-refractivity contribution in [1.82, 2.24) is 19.4 Å². The van der Waals surface area contributed by atoms with Gasteiger partial charge in [0.25, 0.3) is 5.91 Å². The first-order valence-electron chi connectivity index (χ1n) is 8.76. The van der Waals surface area contributed by atoms with Gasteiger partial charge in [-0.15, -0.1) is 11.3 Å². The van der Waals surface area contributed by atoms with E-state index in [1.54, 1.807) is 16.7 Å². The first-order valence-corrected chi connectivity index (χ1v) is 10.4. The van der Waals surface area contributed by atoms with Crippen LogP contribution < -0.4 is 5.43 Å². The summed E-state index contributed by atoms with van der Waals surface area (Å²) in [5, 5.41) is 7.04. The first-order chi connectivity index (χ1) is 13.9. The fourth-order valence-electron chi connectivity index (χ4n) is 3.32. The number of benzene rings is 1. The number of hydrazone groups is 1. The molecule has 6 nitrogen and oxygen atoms in total. The third-order valence-electron chi connectivity index (χ3n) is 4.65. The van der Waals surface area contributed by atoms with Gasteiger partial charge in [0, 0.05) is 34.2 Å². The van der Waals surface area contributed by atoms with Gasteiger partial charge in [0.15, 0.2) is 4.96 Å². The summed E-state index contributed by atoms with van der Waals surface area (Å²) in [6.07, 6.45) is 3.46. The highest BCUT2D eigenvalue weighted by Crippen LogP contribution is 2.27. The molecule has 0 unspecified atom stereocenters. The van der Waals surface area contributed by atoms with Gasteiger partial charge in [-0.1, -0.05) is 23.2 Å². The molecule has 0 aliphatic rings. The molecule has 0 aliphatic carbocycles. The van der Waals surface area contributed by atoms with Crippen molar-refractivity contribution < 1.29 is 4.79 Å². The smallest absolute Gasteiger partial charge is 0.290 e. The minimum Gasteiger partial charge on any atom is -0.318 e. The number of aryl methyl sites for hydroxylation is 2. The molecule has 4 aromatic rings. The second-order valence-electron chi connectivity index (χ2n) is 6.56. The Morgan fingerprint density at radius 1 is 1.21 bits per heavy atom. The minimum absolute atomic E-state index is 0.303. The van der Waals surface area contributed by atoms with Crippen LogP contribution in [0.4, 0.5) is 0 Å². The zero-order valence-corrected chi connectivity index (χ0v) is 18.2. The van der Waals surface area contributed by atoms with Crippen molar-refractivity contribution in [2.45, 2.75) is 20.8 Å². The number of carbonyl (C=O) groups excluding carboxylic acids is 1. The molecule has 148 valence electrons. The van der Waals surface area contributed by atoms with E-state index in [0.717, 1.165) is 27.6 Å². The molecule has 9 heteroatoms. The molecule has 1 aromatic carbocycles. The van der Waals surface area contributed by atoms with Crippen molar-refractivity contribution in [3.05, 3.63) is 74.2 Å². The van der Waals surface area contributed by atoms with Crippen LogP contribution in [0.3, 0.4) is 0 Å². The molecular formula is C20H17Cl2N5OS. The fourth-order valence-corrected chi connectivity index (χ4v) is 4.37. The van der Waals surface area contributed by atoms with Crippen LogP contribution in [0, 0.1) is 20.8 Å². The number of nitrogens with zero attached hydrogens (tertiary/aromatic N) is 4. The van der Waals surface area contributed by atoms with Gasteiger partial charge in [-0.05, 0) is 45.0 Å². The molecule has 29 heavy (non-hydrogen) atoms. The molecule has 0 radical (unpaired) electrons. The van der Waals surface area contributed by atoms with Gasteiger partial charge in [-0.25, -0.2) is 10.4 Å². The summed E-state index contributed by atoms with van der Waals surface area (Å²) in [6, 6.07) is 7.49. The lowest BCUT2D eigenvalue weighted by Gasteiger charge is -2.10. The summed E-state index contributed by atoms with van der Waals surface area (Å²) in [4.78, 5) is 17.7. The summed E-state index contributed by atoms with van der Waals surface area (Å²) < 4.78 is 3.82. The predicted octanol–water partition coefficient (Wildman–Crippen LogP) is 5.18. The van der Waals surface area contributed by atoms with Crippen LogP contribution in [0.25, 0.3) is 10.6 Å². The van der Waals surface area contributed by atoms with Crippen LogP contribution in [0.5, 0.6) is 0 Å². The molecule has 4 rings (SSSR count). The SMILES string of the molecule is Cc1nc2sccn2c1C(=O)N/N=C\c1cc(C)n(-c2ccc(Cl)c(Cl)c2)c1C. The Morgan fingerprint density at radius 3 is 2.76 bits per heavy atom. The maximum absolute atomic E-state index is 12.6. The van der Waals surface area contributed by atoms with Gasteiger partial charge in [-0.3, -0.25) is 9.20 Å². The first kappa shape index (κ1) is 19.7. The third-order valence-corrected chi connectivity index (χ3v) is 6.15. The highest BCUT2D eigenvalue weighted by Gasteiger charge is 2.17. The number of thiazole rings is 1. The lowest BCUT2D eigenvalue weighted by molar-refractivity contribution is 0.0948. The average Bonchev–Trinajstić information content (AvgIpc) is 3.31. The summed E-state index contributed by atoms with van der Waals surface area (Å²) in [5.74, 6) is -0.303. The summed E-state index contributed by atoms with van der Waals surface area (Å²) in [5.41, 5.74) is 7.53. The van der Waals surface area contributed by atoms with Crippen LogP contribution in [0.1, 0.15) is 33.1 Å². The second kappa shape index (κ2) is 7.67. The van der Waals surface area contributed by atoms with Crippen LogP contribution in [0.15, 0.2) is 40.9 Å². The molecule has 0 bridgehead atoms. The van der Waals surface area contributed by atoms with Gasteiger partial charge in [0.1, 0.15) is 5.69 Å². The quantitative estimate of drug-likeness (QED) is 0.347. The monoisotopic (exact) mass is 445 g/mol. The highest BCUT2D eigenvalue weighted by molar-refractivity contribution is 7.15. The molecule has 3 heterocycles. The Labute approximate surface area is 181 Å². The molecule has 0 saturated carbocycles. The maximum atomic E-state index is 12.6. The van der Waals surface area contributed by atoms with Crippen molar-refractivity contribution >= 4 is 51.6 Å². The number of rotatable bonds is 4. The van der Waals surface area contributed by atoms with E-state index in [9.17, 15) is 4.79 Å². The number of hydrogen-bond donors (Lipinski definition) is 1. The van der Waals surface area contributed by atoms with Crippen molar-refractivity contribution in [1.29, 1.82) is 0 Å². The van der Waals surface area contributed by atoms with Crippen molar-refractivity contribution in [2.75, 3.05) is 0 Å². The number of amides is 1. The number of carbonyl (C=O) groups is 1. The van der Waals surface area contributed by atoms with Gasteiger partial charge >= 0.3 is 0 Å². The number of aromatic nitrogens is 3. The van der Waals surface area contributed by atoms with E-state index in [2.05, 4.69) is 20.1 Å². The fraction of sp³-hybridized carbons (Fsp3) is 0.150. The van der Waals surface area contributed by atoms with E-state index in [4.69, 9.17) is 23.2 Å². The number of nitrogens with one attached hydrogen (secondary N) is 1. The molecule has 3 aromatic heterocycles. The van der Waals surface area contributed by atoms with Crippen LogP contribution in [-0.2, 0) is 0 Å². The van der Waals surface area contributed by atoms with E-state index in [1.165, 1.54) is 11.3 Å². The van der Waals surface area contributed by atoms with E-state index in [1.807, 2.05) is 50.5 Å². The Balaban J connectivity index is 1.58. The van der Waals surface area contributed by atoms with Gasteiger partial charge < -0.3 is 4.57 Å². The lowest BCUT2D eigenvalue weighted by Crippen LogP contribution is -2.20. The summed E-state index contributed by atoms with van der Waals surface area (Å²) in [6.45, 7) is 5.78. The van der Waals surface area contributed by atoms with E-state index >= 15 is 0 Å². The van der Waals surface area contributed by atoms with Crippen LogP contribution >= 0.6 is 34.5 Å². The van der Waals surface area contributed by atoms with Gasteiger partial charge in [0.05, 0.1) is 22.0 Å². The Hall–Kier alpha value is -2.61. The average molecular weight is 446 g/mol. The van der Waals surface area contributed by atoms with Crippen molar-refractivity contribution in [3.63, 3.8) is 0 Å². The van der Waals surface area contributed by atoms with Crippen LogP contribution in [-0.4, -0.2) is 26.1 Å². The number of imidazole rings is 1. The van der Waals surface area contributed by atoms with Crippen LogP contribution in [0.2, 0.25) is 10.0 Å². The standard InChI is InChI=1S/C20H17Cl2N5OS/c1-11-8-14(13(3)27(11)15-4-5-16(21)17(22)9-15)10-23-25-19(28)18-12(2)24-20-26(18)6-7-29-20/h4-10H,1-3H3,(H,25,28)/b23-10-. The molecule has 1 N–H and O–H groups in total. The largest absolute Gasteiger partial charge is 0.318 e. The Morgan fingerprint density at radius 2 is 2.00 bits per heavy atom. The molecule has 1 amide bonds. The van der Waals surface area contributed by atoms with Gasteiger partial charge in [0.2, 0.25) is 0 Å². The molecular weight excluding hydrogens is 429 g/mol. The maximum Gasteiger partial charge on any atom is 0.290 e. The summed E-state index contributed by atoms with van der Waals surface area (Å²) >= 11 is 13.7. The van der Waals surface area contributed by atoms with Crippen molar-refractivity contribution in [2.24, 2.45) is 5.10 Å². The minimum atomic E-state index is -0.303. The molecule has 0 saturated heterocycles. The molecule has 0 aliphatic heterocycles. The zero-order chi connectivity index (χ0) is 20.7. The topological polar surface area (TPSA) is 63.7 Å². The second-order valence-corrected chi connectivity index (χ2v) is 8.25. The third kappa shape index (κ3) is 3.57. The lowest BCUT2D eigenvalue weighted by atomic mass is 10.2. The van der Waals surface area contributed by atoms with Crippen molar-refractivity contribution in [3.8, 4) is 5.69 Å². The number of fused-ring (bicyclic) bond motifs is 1.